The fourth-order valence-electron chi connectivity index (χ4n) is 2.11. The number of amides is 2. The molecule has 0 aliphatic carbocycles. The number of carbonyl (C=O) groups excluding carboxylic acids is 2. The van der Waals surface area contributed by atoms with E-state index in [1.807, 2.05) is 32.6 Å². The van der Waals surface area contributed by atoms with Gasteiger partial charge in [0.1, 0.15) is 0 Å². The number of hydrogen-bond acceptors (Lipinski definition) is 2. The van der Waals surface area contributed by atoms with Crippen LogP contribution in [0.1, 0.15) is 45.0 Å². The van der Waals surface area contributed by atoms with E-state index in [1.54, 1.807) is 24.3 Å². The van der Waals surface area contributed by atoms with Gasteiger partial charge in [0.05, 0.1) is 0 Å². The molecule has 0 saturated carbocycles. The van der Waals surface area contributed by atoms with E-state index in [9.17, 15) is 9.59 Å². The molecule has 2 amide bonds. The van der Waals surface area contributed by atoms with Crippen LogP contribution in [-0.4, -0.2) is 28.8 Å². The summed E-state index contributed by atoms with van der Waals surface area (Å²) in [7, 11) is 0. The first kappa shape index (κ1) is 15.2. The highest BCUT2D eigenvalue weighted by Crippen LogP contribution is 2.15. The summed E-state index contributed by atoms with van der Waals surface area (Å²) in [6.45, 7) is 9.47. The zero-order valence-electron chi connectivity index (χ0n) is 12.2. The van der Waals surface area contributed by atoms with E-state index >= 15 is 0 Å². The van der Waals surface area contributed by atoms with Crippen LogP contribution in [0.3, 0.4) is 0 Å². The minimum absolute atomic E-state index is 0.0133. The lowest BCUT2D eigenvalue weighted by Gasteiger charge is -2.30. The average molecular weight is 262 g/mol. The van der Waals surface area contributed by atoms with Crippen LogP contribution in [0.5, 0.6) is 0 Å². The van der Waals surface area contributed by atoms with E-state index < -0.39 is 0 Å². The van der Waals surface area contributed by atoms with Crippen molar-refractivity contribution in [1.29, 1.82) is 0 Å². The summed E-state index contributed by atoms with van der Waals surface area (Å²) in [6.07, 6.45) is 0. The topological polar surface area (TPSA) is 49.4 Å². The van der Waals surface area contributed by atoms with Crippen LogP contribution in [0, 0.1) is 0 Å². The lowest BCUT2D eigenvalue weighted by molar-refractivity contribution is -0.114. The standard InChI is InChI=1S/C15H22N2O2/c1-10(2)17(11(3)4)15(19)13-6-8-14(9-7-13)16-12(5)18/h6-11H,1-5H3,(H,16,18). The predicted octanol–water partition coefficient (Wildman–Crippen LogP) is 2.90. The van der Waals surface area contributed by atoms with Gasteiger partial charge in [0, 0.05) is 30.3 Å². The highest BCUT2D eigenvalue weighted by molar-refractivity contribution is 5.95. The summed E-state index contributed by atoms with van der Waals surface area (Å²) in [5, 5.41) is 2.68. The van der Waals surface area contributed by atoms with Crippen LogP contribution in [0.15, 0.2) is 24.3 Å². The molecule has 0 aliphatic heterocycles. The van der Waals surface area contributed by atoms with Gasteiger partial charge in [-0.3, -0.25) is 9.59 Å². The molecule has 0 aromatic heterocycles. The van der Waals surface area contributed by atoms with Gasteiger partial charge in [-0.2, -0.15) is 0 Å². The maximum absolute atomic E-state index is 12.4. The summed E-state index contributed by atoms with van der Waals surface area (Å²) in [5.41, 5.74) is 1.33. The van der Waals surface area contributed by atoms with Crippen molar-refractivity contribution >= 4 is 17.5 Å². The second-order valence-corrected chi connectivity index (χ2v) is 5.16. The van der Waals surface area contributed by atoms with Gasteiger partial charge in [-0.1, -0.05) is 0 Å². The lowest BCUT2D eigenvalue weighted by Crippen LogP contribution is -2.42. The third-order valence-corrected chi connectivity index (χ3v) is 2.80. The number of benzene rings is 1. The van der Waals surface area contributed by atoms with Crippen molar-refractivity contribution in [3.05, 3.63) is 29.8 Å². The molecule has 0 spiro atoms. The van der Waals surface area contributed by atoms with Crippen molar-refractivity contribution in [3.63, 3.8) is 0 Å². The first-order valence-electron chi connectivity index (χ1n) is 6.53. The molecule has 4 heteroatoms. The molecule has 0 heterocycles. The third-order valence-electron chi connectivity index (χ3n) is 2.80. The first-order chi connectivity index (χ1) is 8.82. The van der Waals surface area contributed by atoms with Crippen molar-refractivity contribution in [2.45, 2.75) is 46.7 Å². The lowest BCUT2D eigenvalue weighted by atomic mass is 10.1. The van der Waals surface area contributed by atoms with Gasteiger partial charge < -0.3 is 10.2 Å². The molecular weight excluding hydrogens is 240 g/mol. The van der Waals surface area contributed by atoms with Crippen molar-refractivity contribution in [3.8, 4) is 0 Å². The third kappa shape index (κ3) is 4.09. The summed E-state index contributed by atoms with van der Waals surface area (Å²) < 4.78 is 0. The minimum atomic E-state index is -0.120. The zero-order valence-corrected chi connectivity index (χ0v) is 12.2. The normalized spacial score (nSPS) is 10.7. The van der Waals surface area contributed by atoms with Crippen LogP contribution in [0.25, 0.3) is 0 Å². The second-order valence-electron chi connectivity index (χ2n) is 5.16. The Bertz CT molecular complexity index is 442. The molecule has 104 valence electrons. The molecule has 0 atom stereocenters. The molecule has 0 bridgehead atoms. The molecular formula is C15H22N2O2. The van der Waals surface area contributed by atoms with E-state index in [2.05, 4.69) is 5.32 Å². The predicted molar refractivity (Wildman–Crippen MR) is 77.2 cm³/mol. The van der Waals surface area contributed by atoms with Gasteiger partial charge >= 0.3 is 0 Å². The Labute approximate surface area is 114 Å². The Morgan fingerprint density at radius 2 is 1.47 bits per heavy atom. The molecule has 4 nitrogen and oxygen atoms in total. The Kier molecular flexibility index (Phi) is 5.10. The second kappa shape index (κ2) is 6.36. The summed E-state index contributed by atoms with van der Waals surface area (Å²) >= 11 is 0. The van der Waals surface area contributed by atoms with Gasteiger partial charge in [-0.25, -0.2) is 0 Å². The number of anilines is 1. The van der Waals surface area contributed by atoms with Crippen LogP contribution in [-0.2, 0) is 4.79 Å². The molecule has 19 heavy (non-hydrogen) atoms. The van der Waals surface area contributed by atoms with Crippen LogP contribution in [0.4, 0.5) is 5.69 Å². The highest BCUT2D eigenvalue weighted by Gasteiger charge is 2.21. The first-order valence-corrected chi connectivity index (χ1v) is 6.53. The van der Waals surface area contributed by atoms with Crippen LogP contribution < -0.4 is 5.32 Å². The zero-order chi connectivity index (χ0) is 14.6. The number of nitrogens with one attached hydrogen (secondary N) is 1. The highest BCUT2D eigenvalue weighted by atomic mass is 16.2. The minimum Gasteiger partial charge on any atom is -0.334 e. The van der Waals surface area contributed by atoms with Crippen molar-refractivity contribution < 1.29 is 9.59 Å². The maximum Gasteiger partial charge on any atom is 0.254 e. The Morgan fingerprint density at radius 3 is 1.84 bits per heavy atom. The SMILES string of the molecule is CC(=O)Nc1ccc(C(=O)N(C(C)C)C(C)C)cc1. The molecule has 1 N–H and O–H groups in total. The molecule has 1 aromatic carbocycles. The van der Waals surface area contributed by atoms with Crippen molar-refractivity contribution in [2.24, 2.45) is 0 Å². The Hall–Kier alpha value is -1.84. The van der Waals surface area contributed by atoms with Gasteiger partial charge in [0.15, 0.2) is 0 Å². The van der Waals surface area contributed by atoms with E-state index in [1.165, 1.54) is 6.92 Å². The molecule has 0 unspecified atom stereocenters. The summed E-state index contributed by atoms with van der Waals surface area (Å²) in [4.78, 5) is 25.2. The van der Waals surface area contributed by atoms with Crippen LogP contribution in [0.2, 0.25) is 0 Å². The van der Waals surface area contributed by atoms with Crippen molar-refractivity contribution in [1.82, 2.24) is 4.90 Å². The summed E-state index contributed by atoms with van der Waals surface area (Å²) in [5.74, 6) is -0.107. The molecule has 1 aromatic rings. The number of carbonyl (C=O) groups is 2. The maximum atomic E-state index is 12.4. The average Bonchev–Trinajstić information content (AvgIpc) is 2.27. The van der Waals surface area contributed by atoms with Gasteiger partial charge in [-0.15, -0.1) is 0 Å². The number of nitrogens with zero attached hydrogens (tertiary/aromatic N) is 1. The number of rotatable bonds is 4. The van der Waals surface area contributed by atoms with Gasteiger partial charge in [0.25, 0.3) is 5.91 Å². The summed E-state index contributed by atoms with van der Waals surface area (Å²) in [6, 6.07) is 7.28. The quantitative estimate of drug-likeness (QED) is 0.907. The molecule has 0 saturated heterocycles. The Balaban J connectivity index is 2.90. The number of hydrogen-bond donors (Lipinski definition) is 1. The molecule has 1 rings (SSSR count). The van der Waals surface area contributed by atoms with E-state index in [0.717, 1.165) is 0 Å². The largest absolute Gasteiger partial charge is 0.334 e. The fraction of sp³-hybridized carbons (Fsp3) is 0.467. The van der Waals surface area contributed by atoms with E-state index in [4.69, 9.17) is 0 Å². The monoisotopic (exact) mass is 262 g/mol. The molecule has 0 fully saturated rings. The van der Waals surface area contributed by atoms with Gasteiger partial charge in [0.2, 0.25) is 5.91 Å². The van der Waals surface area contributed by atoms with Crippen LogP contribution >= 0.6 is 0 Å². The van der Waals surface area contributed by atoms with Gasteiger partial charge in [-0.05, 0) is 52.0 Å². The van der Waals surface area contributed by atoms with E-state index in [-0.39, 0.29) is 23.9 Å². The fourth-order valence-corrected chi connectivity index (χ4v) is 2.11. The smallest absolute Gasteiger partial charge is 0.254 e. The Morgan fingerprint density at radius 1 is 1.00 bits per heavy atom. The molecule has 0 radical (unpaired) electrons. The van der Waals surface area contributed by atoms with E-state index in [0.29, 0.717) is 11.3 Å². The molecule has 0 aliphatic rings. The van der Waals surface area contributed by atoms with Crippen molar-refractivity contribution in [2.75, 3.05) is 5.32 Å².